The average molecular weight is 372 g/mol. The standard InChI is InChI=1S/C22H16N2O4/c25-15-9-10-16(26)23(15)24-21(27)19-17-11-5-1-2-6-12(11)18(20(19)22(24)28)14-8-4-3-7-13(14)17/h1-8,17-20H,9-10H2. The van der Waals surface area contributed by atoms with Gasteiger partial charge in [0, 0.05) is 24.7 Å². The molecule has 2 bridgehead atoms. The van der Waals surface area contributed by atoms with Crippen LogP contribution in [-0.4, -0.2) is 33.6 Å². The number of hydrazine groups is 1. The number of amides is 4. The number of carbonyl (C=O) groups excluding carboxylic acids is 4. The largest absolute Gasteiger partial charge is 0.272 e. The molecule has 2 aromatic rings. The van der Waals surface area contributed by atoms with E-state index in [0.717, 1.165) is 32.3 Å². The Morgan fingerprint density at radius 1 is 0.571 bits per heavy atom. The highest BCUT2D eigenvalue weighted by molar-refractivity contribution is 6.13. The first-order valence-electron chi connectivity index (χ1n) is 9.50. The first-order valence-corrected chi connectivity index (χ1v) is 9.50. The Bertz CT molecular complexity index is 976. The second-order valence-corrected chi connectivity index (χ2v) is 7.85. The van der Waals surface area contributed by atoms with Crippen LogP contribution >= 0.6 is 0 Å². The third-order valence-electron chi connectivity index (χ3n) is 6.65. The number of hydrogen-bond acceptors (Lipinski definition) is 4. The van der Waals surface area contributed by atoms with Crippen molar-refractivity contribution in [2.75, 3.05) is 0 Å². The molecule has 2 saturated heterocycles. The topological polar surface area (TPSA) is 74.8 Å². The lowest BCUT2D eigenvalue weighted by molar-refractivity contribution is -0.172. The van der Waals surface area contributed by atoms with E-state index >= 15 is 0 Å². The summed E-state index contributed by atoms with van der Waals surface area (Å²) in [6.07, 6.45) is 0.0804. The van der Waals surface area contributed by atoms with Crippen LogP contribution in [0, 0.1) is 11.8 Å². The minimum Gasteiger partial charge on any atom is -0.272 e. The van der Waals surface area contributed by atoms with E-state index in [9.17, 15) is 19.2 Å². The predicted molar refractivity (Wildman–Crippen MR) is 96.5 cm³/mol. The van der Waals surface area contributed by atoms with E-state index in [0.29, 0.717) is 0 Å². The van der Waals surface area contributed by atoms with E-state index < -0.39 is 35.5 Å². The third kappa shape index (κ3) is 1.69. The number of benzene rings is 2. The van der Waals surface area contributed by atoms with E-state index in [1.165, 1.54) is 0 Å². The summed E-state index contributed by atoms with van der Waals surface area (Å²) in [6.45, 7) is 0. The van der Waals surface area contributed by atoms with Crippen LogP contribution in [0.2, 0.25) is 0 Å². The van der Waals surface area contributed by atoms with Crippen LogP contribution in [0.25, 0.3) is 0 Å². The molecule has 2 aliphatic heterocycles. The van der Waals surface area contributed by atoms with Gasteiger partial charge in [-0.15, -0.1) is 0 Å². The molecule has 0 saturated carbocycles. The van der Waals surface area contributed by atoms with Crippen LogP contribution in [0.3, 0.4) is 0 Å². The zero-order chi connectivity index (χ0) is 19.2. The molecule has 0 aromatic heterocycles. The van der Waals surface area contributed by atoms with Gasteiger partial charge in [-0.25, -0.2) is 0 Å². The monoisotopic (exact) mass is 372 g/mol. The van der Waals surface area contributed by atoms with E-state index in [2.05, 4.69) is 0 Å². The zero-order valence-corrected chi connectivity index (χ0v) is 14.9. The fourth-order valence-electron chi connectivity index (χ4n) is 5.65. The maximum atomic E-state index is 13.4. The van der Waals surface area contributed by atoms with Crippen LogP contribution in [0.15, 0.2) is 48.5 Å². The summed E-state index contributed by atoms with van der Waals surface area (Å²) in [5, 5.41) is 1.64. The van der Waals surface area contributed by atoms with Crippen molar-refractivity contribution in [2.24, 2.45) is 11.8 Å². The lowest BCUT2D eigenvalue weighted by Gasteiger charge is -2.45. The molecule has 6 heteroatoms. The van der Waals surface area contributed by atoms with Crippen LogP contribution in [0.4, 0.5) is 0 Å². The molecule has 5 aliphatic rings. The quantitative estimate of drug-likeness (QED) is 0.717. The van der Waals surface area contributed by atoms with Gasteiger partial charge in [0.25, 0.3) is 11.8 Å². The lowest BCUT2D eigenvalue weighted by atomic mass is 9.55. The van der Waals surface area contributed by atoms with Gasteiger partial charge in [-0.1, -0.05) is 48.5 Å². The van der Waals surface area contributed by atoms with Gasteiger partial charge in [0.15, 0.2) is 0 Å². The van der Waals surface area contributed by atoms with E-state index in [-0.39, 0.29) is 24.7 Å². The van der Waals surface area contributed by atoms with Crippen molar-refractivity contribution >= 4 is 23.6 Å². The van der Waals surface area contributed by atoms with Gasteiger partial charge in [-0.3, -0.25) is 19.2 Å². The van der Waals surface area contributed by atoms with Crippen LogP contribution in [0.1, 0.15) is 46.9 Å². The second kappa shape index (κ2) is 5.16. The van der Waals surface area contributed by atoms with Crippen molar-refractivity contribution in [1.82, 2.24) is 10.0 Å². The number of imide groups is 2. The fourth-order valence-corrected chi connectivity index (χ4v) is 5.65. The molecular weight excluding hydrogens is 356 g/mol. The third-order valence-corrected chi connectivity index (χ3v) is 6.65. The van der Waals surface area contributed by atoms with Crippen LogP contribution in [0.5, 0.6) is 0 Å². The van der Waals surface area contributed by atoms with E-state index in [1.54, 1.807) is 0 Å². The van der Waals surface area contributed by atoms with Gasteiger partial charge in [0.2, 0.25) is 11.8 Å². The summed E-state index contributed by atoms with van der Waals surface area (Å²) in [6, 6.07) is 15.9. The normalized spacial score (nSPS) is 30.0. The lowest BCUT2D eigenvalue weighted by Crippen LogP contribution is -2.49. The molecule has 2 heterocycles. The molecule has 2 aromatic carbocycles. The van der Waals surface area contributed by atoms with Crippen molar-refractivity contribution in [3.05, 3.63) is 70.8 Å². The summed E-state index contributed by atoms with van der Waals surface area (Å²) in [5.74, 6) is -3.46. The number of hydrogen-bond donors (Lipinski definition) is 0. The molecule has 7 rings (SSSR count). The Kier molecular flexibility index (Phi) is 2.90. The molecule has 6 nitrogen and oxygen atoms in total. The van der Waals surface area contributed by atoms with Gasteiger partial charge >= 0.3 is 0 Å². The smallest absolute Gasteiger partial charge is 0.253 e. The van der Waals surface area contributed by atoms with Gasteiger partial charge in [-0.2, -0.15) is 10.0 Å². The molecule has 0 radical (unpaired) electrons. The first-order chi connectivity index (χ1) is 13.6. The summed E-state index contributed by atoms with van der Waals surface area (Å²) in [4.78, 5) is 51.3. The highest BCUT2D eigenvalue weighted by Crippen LogP contribution is 2.61. The Labute approximate surface area is 160 Å². The van der Waals surface area contributed by atoms with Crippen LogP contribution in [-0.2, 0) is 19.2 Å². The maximum absolute atomic E-state index is 13.4. The second-order valence-electron chi connectivity index (χ2n) is 7.85. The van der Waals surface area contributed by atoms with Crippen molar-refractivity contribution in [1.29, 1.82) is 0 Å². The first kappa shape index (κ1) is 15.7. The van der Waals surface area contributed by atoms with Gasteiger partial charge in [0.1, 0.15) is 0 Å². The molecule has 138 valence electrons. The number of nitrogens with zero attached hydrogens (tertiary/aromatic N) is 2. The molecule has 2 atom stereocenters. The SMILES string of the molecule is O=C1CCC(=O)N1N1C(=O)C2C3c4ccccc4C(c4ccccc43)C2C1=O. The molecule has 3 aliphatic carbocycles. The number of carbonyl (C=O) groups is 4. The Morgan fingerprint density at radius 2 is 0.929 bits per heavy atom. The van der Waals surface area contributed by atoms with Gasteiger partial charge in [0.05, 0.1) is 11.8 Å². The van der Waals surface area contributed by atoms with Crippen molar-refractivity contribution < 1.29 is 19.2 Å². The Balaban J connectivity index is 1.56. The summed E-state index contributed by atoms with van der Waals surface area (Å²) >= 11 is 0. The Morgan fingerprint density at radius 3 is 1.29 bits per heavy atom. The summed E-state index contributed by atoms with van der Waals surface area (Å²) in [5.41, 5.74) is 4.26. The molecule has 2 unspecified atom stereocenters. The molecule has 0 N–H and O–H groups in total. The van der Waals surface area contributed by atoms with Gasteiger partial charge in [-0.05, 0) is 22.3 Å². The van der Waals surface area contributed by atoms with Crippen molar-refractivity contribution in [3.8, 4) is 0 Å². The van der Waals surface area contributed by atoms with E-state index in [1.807, 2.05) is 48.5 Å². The minimum atomic E-state index is -0.580. The minimum absolute atomic E-state index is 0.0402. The fraction of sp³-hybridized carbons (Fsp3) is 0.273. The average Bonchev–Trinajstić information content (AvgIpc) is 3.18. The van der Waals surface area contributed by atoms with E-state index in [4.69, 9.17) is 0 Å². The molecule has 28 heavy (non-hydrogen) atoms. The van der Waals surface area contributed by atoms with Gasteiger partial charge < -0.3 is 0 Å². The molecular formula is C22H16N2O4. The predicted octanol–water partition coefficient (Wildman–Crippen LogP) is 1.94. The molecule has 4 amide bonds. The highest BCUT2D eigenvalue weighted by atomic mass is 16.2. The zero-order valence-electron chi connectivity index (χ0n) is 14.9. The maximum Gasteiger partial charge on any atom is 0.253 e. The van der Waals surface area contributed by atoms with Crippen molar-refractivity contribution in [3.63, 3.8) is 0 Å². The van der Waals surface area contributed by atoms with Crippen LogP contribution < -0.4 is 0 Å². The summed E-state index contributed by atoms with van der Waals surface area (Å²) < 4.78 is 0. The highest BCUT2D eigenvalue weighted by Gasteiger charge is 2.63. The number of rotatable bonds is 1. The molecule has 2 fully saturated rings. The Hall–Kier alpha value is -3.28. The van der Waals surface area contributed by atoms with Crippen molar-refractivity contribution in [2.45, 2.75) is 24.7 Å². The summed E-state index contributed by atoms with van der Waals surface area (Å²) in [7, 11) is 0. The molecule has 0 spiro atoms.